The molecule has 1 N–H and O–H groups in total. The van der Waals surface area contributed by atoms with Gasteiger partial charge in [-0.15, -0.1) is 0 Å². The largest absolute Gasteiger partial charge is 0.489 e. The minimum absolute atomic E-state index is 0.0565. The molecule has 14 heavy (non-hydrogen) atoms. The first-order chi connectivity index (χ1) is 6.68. The second kappa shape index (κ2) is 3.50. The van der Waals surface area contributed by atoms with Gasteiger partial charge in [0.25, 0.3) is 0 Å². The molecule has 3 nitrogen and oxygen atoms in total. The summed E-state index contributed by atoms with van der Waals surface area (Å²) in [5.41, 5.74) is 0.0565. The predicted molar refractivity (Wildman–Crippen MR) is 52.1 cm³/mol. The number of rotatable bonds is 3. The molecule has 0 spiro atoms. The summed E-state index contributed by atoms with van der Waals surface area (Å²) < 4.78 is 5.43. The summed E-state index contributed by atoms with van der Waals surface area (Å²) in [4.78, 5) is 10.9. The van der Waals surface area contributed by atoms with Crippen LogP contribution in [0.2, 0.25) is 5.02 Å². The topological polar surface area (TPSA) is 46.5 Å². The molecule has 0 aliphatic heterocycles. The summed E-state index contributed by atoms with van der Waals surface area (Å²) in [6.45, 7) is 0. The van der Waals surface area contributed by atoms with Crippen molar-refractivity contribution in [1.29, 1.82) is 0 Å². The minimum Gasteiger partial charge on any atom is -0.489 e. The zero-order valence-corrected chi connectivity index (χ0v) is 8.12. The summed E-state index contributed by atoms with van der Waals surface area (Å²) >= 11 is 5.77. The van der Waals surface area contributed by atoms with Crippen LogP contribution in [0.25, 0.3) is 0 Å². The van der Waals surface area contributed by atoms with E-state index in [-0.39, 0.29) is 16.7 Å². The van der Waals surface area contributed by atoms with Gasteiger partial charge in [0.2, 0.25) is 0 Å². The van der Waals surface area contributed by atoms with Crippen LogP contribution in [0.5, 0.6) is 5.75 Å². The number of halogens is 1. The third-order valence-electron chi connectivity index (χ3n) is 2.01. The van der Waals surface area contributed by atoms with E-state index in [4.69, 9.17) is 21.4 Å². The van der Waals surface area contributed by atoms with Crippen LogP contribution in [0.3, 0.4) is 0 Å². The Hall–Kier alpha value is -1.22. The second-order valence-corrected chi connectivity index (χ2v) is 3.64. The van der Waals surface area contributed by atoms with Crippen molar-refractivity contribution >= 4 is 17.6 Å². The number of benzene rings is 1. The van der Waals surface area contributed by atoms with Crippen molar-refractivity contribution in [2.75, 3.05) is 0 Å². The molecule has 0 unspecified atom stereocenters. The molecule has 2 rings (SSSR count). The summed E-state index contributed by atoms with van der Waals surface area (Å²) in [5.74, 6) is -0.682. The lowest BCUT2D eigenvalue weighted by molar-refractivity contribution is 0.0692. The van der Waals surface area contributed by atoms with Gasteiger partial charge in [-0.05, 0) is 25.0 Å². The van der Waals surface area contributed by atoms with Gasteiger partial charge in [0.05, 0.1) is 11.1 Å². The third-order valence-corrected chi connectivity index (χ3v) is 2.32. The zero-order valence-electron chi connectivity index (χ0n) is 7.37. The van der Waals surface area contributed by atoms with Crippen molar-refractivity contribution in [2.24, 2.45) is 0 Å². The van der Waals surface area contributed by atoms with Crippen LogP contribution in [-0.2, 0) is 0 Å². The number of carboxylic acids is 1. The van der Waals surface area contributed by atoms with Gasteiger partial charge in [-0.2, -0.15) is 0 Å². The fourth-order valence-electron chi connectivity index (χ4n) is 1.18. The molecule has 0 radical (unpaired) electrons. The standard InChI is InChI=1S/C10H9ClO3/c11-7-2-1-3-8(9(7)10(12)13)14-6-4-5-6/h1-3,6H,4-5H2,(H,12,13). The lowest BCUT2D eigenvalue weighted by atomic mass is 10.2. The molecular weight excluding hydrogens is 204 g/mol. The Morgan fingerprint density at radius 3 is 2.79 bits per heavy atom. The number of carboxylic acid groups (broad SMARTS) is 1. The fourth-order valence-corrected chi connectivity index (χ4v) is 1.42. The average molecular weight is 213 g/mol. The van der Waals surface area contributed by atoms with Crippen molar-refractivity contribution in [3.63, 3.8) is 0 Å². The Labute approximate surface area is 86.3 Å². The van der Waals surface area contributed by atoms with E-state index < -0.39 is 5.97 Å². The predicted octanol–water partition coefficient (Wildman–Crippen LogP) is 2.58. The Balaban J connectivity index is 2.35. The summed E-state index contributed by atoms with van der Waals surface area (Å²) in [6, 6.07) is 4.87. The Morgan fingerprint density at radius 1 is 1.50 bits per heavy atom. The van der Waals surface area contributed by atoms with Crippen molar-refractivity contribution in [3.05, 3.63) is 28.8 Å². The monoisotopic (exact) mass is 212 g/mol. The molecule has 1 saturated carbocycles. The van der Waals surface area contributed by atoms with E-state index in [9.17, 15) is 4.79 Å². The maximum atomic E-state index is 10.9. The maximum Gasteiger partial charge on any atom is 0.341 e. The average Bonchev–Trinajstić information content (AvgIpc) is 2.87. The van der Waals surface area contributed by atoms with Crippen LogP contribution in [0.4, 0.5) is 0 Å². The van der Waals surface area contributed by atoms with Gasteiger partial charge in [-0.1, -0.05) is 17.7 Å². The molecule has 1 fully saturated rings. The molecule has 74 valence electrons. The Morgan fingerprint density at radius 2 is 2.21 bits per heavy atom. The zero-order chi connectivity index (χ0) is 10.1. The van der Waals surface area contributed by atoms with Crippen LogP contribution < -0.4 is 4.74 Å². The normalized spacial score (nSPS) is 15.2. The first-order valence-corrected chi connectivity index (χ1v) is 4.75. The van der Waals surface area contributed by atoms with Gasteiger partial charge in [-0.3, -0.25) is 0 Å². The third kappa shape index (κ3) is 1.82. The molecule has 1 aromatic carbocycles. The van der Waals surface area contributed by atoms with Crippen LogP contribution in [0.1, 0.15) is 23.2 Å². The highest BCUT2D eigenvalue weighted by Gasteiger charge is 2.26. The molecular formula is C10H9ClO3. The van der Waals surface area contributed by atoms with Crippen molar-refractivity contribution in [1.82, 2.24) is 0 Å². The van der Waals surface area contributed by atoms with Crippen LogP contribution in [0, 0.1) is 0 Å². The van der Waals surface area contributed by atoms with E-state index in [0.717, 1.165) is 12.8 Å². The second-order valence-electron chi connectivity index (χ2n) is 3.24. The quantitative estimate of drug-likeness (QED) is 0.838. The van der Waals surface area contributed by atoms with Crippen molar-refractivity contribution in [3.8, 4) is 5.75 Å². The van der Waals surface area contributed by atoms with Gasteiger partial charge >= 0.3 is 5.97 Å². The number of hydrogen-bond donors (Lipinski definition) is 1. The summed E-state index contributed by atoms with van der Waals surface area (Å²) in [6.07, 6.45) is 2.16. The molecule has 0 aromatic heterocycles. The van der Waals surface area contributed by atoms with Gasteiger partial charge in [0, 0.05) is 0 Å². The highest BCUT2D eigenvalue weighted by molar-refractivity contribution is 6.33. The number of aromatic carboxylic acids is 1. The van der Waals surface area contributed by atoms with Crippen LogP contribution >= 0.6 is 11.6 Å². The lowest BCUT2D eigenvalue weighted by Gasteiger charge is -2.08. The molecule has 1 aliphatic rings. The maximum absolute atomic E-state index is 10.9. The Bertz CT molecular complexity index is 372. The van der Waals surface area contributed by atoms with E-state index in [2.05, 4.69) is 0 Å². The molecule has 0 atom stereocenters. The van der Waals surface area contributed by atoms with E-state index in [0.29, 0.717) is 5.75 Å². The van der Waals surface area contributed by atoms with Crippen molar-refractivity contribution in [2.45, 2.75) is 18.9 Å². The Kier molecular flexibility index (Phi) is 2.33. The van der Waals surface area contributed by atoms with Crippen LogP contribution in [-0.4, -0.2) is 17.2 Å². The first kappa shape index (κ1) is 9.34. The van der Waals surface area contributed by atoms with Gasteiger partial charge in [0.1, 0.15) is 11.3 Å². The van der Waals surface area contributed by atoms with Gasteiger partial charge in [0.15, 0.2) is 0 Å². The summed E-state index contributed by atoms with van der Waals surface area (Å²) in [5, 5.41) is 9.13. The van der Waals surface area contributed by atoms with Gasteiger partial charge < -0.3 is 9.84 Å². The number of carbonyl (C=O) groups is 1. The van der Waals surface area contributed by atoms with Crippen molar-refractivity contribution < 1.29 is 14.6 Å². The molecule has 0 bridgehead atoms. The van der Waals surface area contributed by atoms with E-state index >= 15 is 0 Å². The lowest BCUT2D eigenvalue weighted by Crippen LogP contribution is -2.05. The molecule has 4 heteroatoms. The fraction of sp³-hybridized carbons (Fsp3) is 0.300. The molecule has 1 aliphatic carbocycles. The summed E-state index contributed by atoms with van der Waals surface area (Å²) in [7, 11) is 0. The smallest absolute Gasteiger partial charge is 0.341 e. The molecule has 0 amide bonds. The van der Waals surface area contributed by atoms with E-state index in [1.54, 1.807) is 18.2 Å². The number of hydrogen-bond acceptors (Lipinski definition) is 2. The van der Waals surface area contributed by atoms with Gasteiger partial charge in [-0.25, -0.2) is 4.79 Å². The number of ether oxygens (including phenoxy) is 1. The SMILES string of the molecule is O=C(O)c1c(Cl)cccc1OC1CC1. The first-order valence-electron chi connectivity index (χ1n) is 4.37. The highest BCUT2D eigenvalue weighted by atomic mass is 35.5. The van der Waals surface area contributed by atoms with E-state index in [1.165, 1.54) is 0 Å². The van der Waals surface area contributed by atoms with Crippen LogP contribution in [0.15, 0.2) is 18.2 Å². The molecule has 0 heterocycles. The van der Waals surface area contributed by atoms with E-state index in [1.807, 2.05) is 0 Å². The minimum atomic E-state index is -1.05. The highest BCUT2D eigenvalue weighted by Crippen LogP contribution is 2.32. The molecule has 1 aromatic rings. The molecule has 0 saturated heterocycles.